The number of carbonyl (C=O) groups excluding carboxylic acids is 2. The molecular weight excluding hydrogens is 325 g/mol. The first-order valence-electron chi connectivity index (χ1n) is 8.76. The van der Waals surface area contributed by atoms with E-state index in [9.17, 15) is 14.0 Å². The topological polar surface area (TPSA) is 61.9 Å². The zero-order chi connectivity index (χ0) is 17.6. The lowest BCUT2D eigenvalue weighted by Gasteiger charge is -2.35. The number of anilines is 1. The zero-order valence-electron chi connectivity index (χ0n) is 14.2. The van der Waals surface area contributed by atoms with E-state index in [1.165, 1.54) is 12.1 Å². The van der Waals surface area contributed by atoms with Gasteiger partial charge in [-0.25, -0.2) is 4.39 Å². The summed E-state index contributed by atoms with van der Waals surface area (Å²) in [6.45, 7) is 4.08. The van der Waals surface area contributed by atoms with E-state index in [-0.39, 0.29) is 30.1 Å². The van der Waals surface area contributed by atoms with Crippen molar-refractivity contribution < 1.29 is 18.7 Å². The van der Waals surface area contributed by atoms with E-state index < -0.39 is 0 Å². The highest BCUT2D eigenvalue weighted by molar-refractivity contribution is 5.92. The Morgan fingerprint density at radius 1 is 1.24 bits per heavy atom. The van der Waals surface area contributed by atoms with E-state index in [1.54, 1.807) is 12.1 Å². The molecule has 2 heterocycles. The summed E-state index contributed by atoms with van der Waals surface area (Å²) >= 11 is 0. The summed E-state index contributed by atoms with van der Waals surface area (Å²) in [6, 6.07) is 5.84. The van der Waals surface area contributed by atoms with Crippen LogP contribution in [0.2, 0.25) is 0 Å². The number of piperidine rings is 1. The van der Waals surface area contributed by atoms with Crippen LogP contribution in [-0.2, 0) is 14.3 Å². The molecule has 0 aromatic heterocycles. The standard InChI is InChI=1S/C18H24FN3O3/c19-15-4-1-5-16(11-15)20-17(23)13-21-6-2-3-14(12-21)18(24)22-7-9-25-10-8-22/h1,4-5,11,14H,2-3,6-10,12-13H2,(H,20,23). The predicted molar refractivity (Wildman–Crippen MR) is 91.6 cm³/mol. The normalized spacial score (nSPS) is 21.8. The van der Waals surface area contributed by atoms with Crippen molar-refractivity contribution >= 4 is 17.5 Å². The highest BCUT2D eigenvalue weighted by Gasteiger charge is 2.30. The number of nitrogens with one attached hydrogen (secondary N) is 1. The molecule has 1 unspecified atom stereocenters. The minimum absolute atomic E-state index is 0.0613. The molecule has 25 heavy (non-hydrogen) atoms. The van der Waals surface area contributed by atoms with E-state index >= 15 is 0 Å². The van der Waals surface area contributed by atoms with Crippen LogP contribution in [0.1, 0.15) is 12.8 Å². The summed E-state index contributed by atoms with van der Waals surface area (Å²) in [7, 11) is 0. The Morgan fingerprint density at radius 3 is 2.80 bits per heavy atom. The van der Waals surface area contributed by atoms with Gasteiger partial charge in [-0.1, -0.05) is 6.07 Å². The molecule has 136 valence electrons. The number of amides is 2. The van der Waals surface area contributed by atoms with Gasteiger partial charge in [0.2, 0.25) is 11.8 Å². The smallest absolute Gasteiger partial charge is 0.238 e. The van der Waals surface area contributed by atoms with Gasteiger partial charge in [0.1, 0.15) is 5.82 Å². The molecule has 1 aromatic rings. The van der Waals surface area contributed by atoms with Crippen LogP contribution in [0.5, 0.6) is 0 Å². The number of morpholine rings is 1. The Bertz CT molecular complexity index is 619. The van der Waals surface area contributed by atoms with Crippen LogP contribution >= 0.6 is 0 Å². The van der Waals surface area contributed by atoms with Crippen molar-refractivity contribution in [2.45, 2.75) is 12.8 Å². The number of benzene rings is 1. The van der Waals surface area contributed by atoms with Crippen molar-refractivity contribution in [1.29, 1.82) is 0 Å². The molecule has 1 N–H and O–H groups in total. The largest absolute Gasteiger partial charge is 0.378 e. The van der Waals surface area contributed by atoms with Crippen LogP contribution in [0.25, 0.3) is 0 Å². The molecule has 3 rings (SSSR count). The van der Waals surface area contributed by atoms with Crippen LogP contribution in [0.4, 0.5) is 10.1 Å². The molecule has 7 heteroatoms. The van der Waals surface area contributed by atoms with E-state index in [0.717, 1.165) is 19.4 Å². The maximum atomic E-state index is 13.2. The maximum absolute atomic E-state index is 13.2. The van der Waals surface area contributed by atoms with Gasteiger partial charge in [-0.05, 0) is 37.6 Å². The van der Waals surface area contributed by atoms with Gasteiger partial charge in [-0.15, -0.1) is 0 Å². The van der Waals surface area contributed by atoms with E-state index in [0.29, 0.717) is 38.5 Å². The highest BCUT2D eigenvalue weighted by Crippen LogP contribution is 2.19. The fraction of sp³-hybridized carbons (Fsp3) is 0.556. The quantitative estimate of drug-likeness (QED) is 0.891. The molecule has 0 saturated carbocycles. The van der Waals surface area contributed by atoms with Crippen LogP contribution < -0.4 is 5.32 Å². The Morgan fingerprint density at radius 2 is 2.04 bits per heavy atom. The second-order valence-corrected chi connectivity index (χ2v) is 6.57. The Kier molecular flexibility index (Phi) is 5.99. The van der Waals surface area contributed by atoms with Crippen molar-refractivity contribution in [3.8, 4) is 0 Å². The van der Waals surface area contributed by atoms with Crippen LogP contribution in [0.3, 0.4) is 0 Å². The first kappa shape index (κ1) is 17.8. The first-order valence-corrected chi connectivity index (χ1v) is 8.76. The highest BCUT2D eigenvalue weighted by atomic mass is 19.1. The van der Waals surface area contributed by atoms with Crippen molar-refractivity contribution in [2.24, 2.45) is 5.92 Å². The summed E-state index contributed by atoms with van der Waals surface area (Å²) in [5.41, 5.74) is 0.447. The van der Waals surface area contributed by atoms with Crippen molar-refractivity contribution in [3.63, 3.8) is 0 Å². The summed E-state index contributed by atoms with van der Waals surface area (Å²) in [4.78, 5) is 28.7. The summed E-state index contributed by atoms with van der Waals surface area (Å²) in [5.74, 6) is -0.468. The summed E-state index contributed by atoms with van der Waals surface area (Å²) < 4.78 is 18.5. The van der Waals surface area contributed by atoms with Gasteiger partial charge in [0.15, 0.2) is 0 Å². The lowest BCUT2D eigenvalue weighted by atomic mass is 9.96. The Hall–Kier alpha value is -1.99. The molecule has 6 nitrogen and oxygen atoms in total. The van der Waals surface area contributed by atoms with E-state index in [4.69, 9.17) is 4.74 Å². The first-order chi connectivity index (χ1) is 12.1. The fourth-order valence-electron chi connectivity index (χ4n) is 3.41. The van der Waals surface area contributed by atoms with Gasteiger partial charge in [0, 0.05) is 25.3 Å². The monoisotopic (exact) mass is 349 g/mol. The van der Waals surface area contributed by atoms with Gasteiger partial charge in [0.25, 0.3) is 0 Å². The molecule has 2 aliphatic rings. The molecule has 2 aliphatic heterocycles. The van der Waals surface area contributed by atoms with Crippen LogP contribution in [-0.4, -0.2) is 67.6 Å². The number of hydrogen-bond acceptors (Lipinski definition) is 4. The predicted octanol–water partition coefficient (Wildman–Crippen LogP) is 1.34. The fourth-order valence-corrected chi connectivity index (χ4v) is 3.41. The second-order valence-electron chi connectivity index (χ2n) is 6.57. The minimum atomic E-state index is -0.382. The minimum Gasteiger partial charge on any atom is -0.378 e. The number of rotatable bonds is 4. The Labute approximate surface area is 146 Å². The van der Waals surface area contributed by atoms with Gasteiger partial charge in [-0.2, -0.15) is 0 Å². The molecule has 0 spiro atoms. The van der Waals surface area contributed by atoms with Crippen molar-refractivity contribution in [2.75, 3.05) is 51.3 Å². The average Bonchev–Trinajstić information content (AvgIpc) is 2.62. The summed E-state index contributed by atoms with van der Waals surface area (Å²) in [6.07, 6.45) is 1.76. The molecule has 0 bridgehead atoms. The number of likely N-dealkylation sites (tertiary alicyclic amines) is 1. The molecule has 2 saturated heterocycles. The number of ether oxygens (including phenoxy) is 1. The molecule has 2 amide bonds. The third-order valence-electron chi connectivity index (χ3n) is 4.65. The zero-order valence-corrected chi connectivity index (χ0v) is 14.2. The van der Waals surface area contributed by atoms with Crippen molar-refractivity contribution in [3.05, 3.63) is 30.1 Å². The molecule has 0 aliphatic carbocycles. The van der Waals surface area contributed by atoms with Gasteiger partial charge in [0.05, 0.1) is 25.7 Å². The number of nitrogens with zero attached hydrogens (tertiary/aromatic N) is 2. The molecular formula is C18H24FN3O3. The molecule has 1 aromatic carbocycles. The van der Waals surface area contributed by atoms with Gasteiger partial charge < -0.3 is 15.0 Å². The third-order valence-corrected chi connectivity index (χ3v) is 4.65. The second kappa shape index (κ2) is 8.40. The van der Waals surface area contributed by atoms with E-state index in [2.05, 4.69) is 5.32 Å². The molecule has 1 atom stereocenters. The third kappa shape index (κ3) is 4.99. The SMILES string of the molecule is O=C(CN1CCCC(C(=O)N2CCOCC2)C1)Nc1cccc(F)c1. The van der Waals surface area contributed by atoms with Crippen LogP contribution in [0, 0.1) is 11.7 Å². The lowest BCUT2D eigenvalue weighted by Crippen LogP contribution is -2.49. The summed E-state index contributed by atoms with van der Waals surface area (Å²) in [5, 5.41) is 2.70. The van der Waals surface area contributed by atoms with Gasteiger partial charge in [-0.3, -0.25) is 14.5 Å². The van der Waals surface area contributed by atoms with Crippen LogP contribution in [0.15, 0.2) is 24.3 Å². The number of carbonyl (C=O) groups is 2. The lowest BCUT2D eigenvalue weighted by molar-refractivity contribution is -0.141. The average molecular weight is 349 g/mol. The molecule has 2 fully saturated rings. The van der Waals surface area contributed by atoms with Gasteiger partial charge >= 0.3 is 0 Å². The number of hydrogen-bond donors (Lipinski definition) is 1. The Balaban J connectivity index is 1.50. The molecule has 0 radical (unpaired) electrons. The van der Waals surface area contributed by atoms with E-state index in [1.807, 2.05) is 9.80 Å². The maximum Gasteiger partial charge on any atom is 0.238 e. The van der Waals surface area contributed by atoms with Crippen molar-refractivity contribution in [1.82, 2.24) is 9.80 Å². The number of halogens is 1.